The molecule has 170 valence electrons. The molecule has 0 aliphatic heterocycles. The lowest BCUT2D eigenvalue weighted by Gasteiger charge is -2.06. The van der Waals surface area contributed by atoms with Crippen molar-refractivity contribution in [1.29, 1.82) is 0 Å². The van der Waals surface area contributed by atoms with Gasteiger partial charge in [-0.2, -0.15) is 5.10 Å². The highest BCUT2D eigenvalue weighted by Gasteiger charge is 2.13. The van der Waals surface area contributed by atoms with Crippen LogP contribution >= 0.6 is 11.3 Å². The van der Waals surface area contributed by atoms with Crippen molar-refractivity contribution < 1.29 is 19.4 Å². The summed E-state index contributed by atoms with van der Waals surface area (Å²) in [5, 5.41) is 26.3. The number of benzene rings is 3. The molecule has 0 aliphatic rings. The molecular weight excluding hydrogens is 460 g/mol. The zero-order chi connectivity index (χ0) is 24.1. The molecule has 3 aromatic carbocycles. The van der Waals surface area contributed by atoms with Crippen molar-refractivity contribution in [3.63, 3.8) is 0 Å². The average molecular weight is 476 g/mol. The molecule has 0 atom stereocenters. The van der Waals surface area contributed by atoms with Gasteiger partial charge in [0.25, 0.3) is 17.3 Å². The molecule has 0 radical (unpaired) electrons. The minimum absolute atomic E-state index is 0.00617. The first-order valence-electron chi connectivity index (χ1n) is 9.86. The monoisotopic (exact) mass is 476 g/mol. The number of nitrogens with zero attached hydrogens (tertiary/aromatic N) is 3. The lowest BCUT2D eigenvalue weighted by Crippen LogP contribution is -2.16. The number of nitrogens with one attached hydrogen (secondary N) is 1. The SMILES string of the molecule is O=C(N/N=C\c1ccc(OCc2cccc([N+](=O)[O-])c2)cc1)c1cc2cc([N+](=O)[O-])ccc2s1. The number of rotatable bonds is 8. The number of thiophene rings is 1. The Kier molecular flexibility index (Phi) is 6.55. The van der Waals surface area contributed by atoms with Gasteiger partial charge in [0.2, 0.25) is 0 Å². The molecule has 0 unspecified atom stereocenters. The van der Waals surface area contributed by atoms with Crippen LogP contribution in [-0.2, 0) is 6.61 Å². The molecule has 10 nitrogen and oxygen atoms in total. The fourth-order valence-corrected chi connectivity index (χ4v) is 3.99. The molecule has 0 saturated heterocycles. The first-order chi connectivity index (χ1) is 16.4. The lowest BCUT2D eigenvalue weighted by atomic mass is 10.2. The number of ether oxygens (including phenoxy) is 1. The van der Waals surface area contributed by atoms with Crippen molar-refractivity contribution in [3.05, 3.63) is 109 Å². The molecule has 1 amide bonds. The van der Waals surface area contributed by atoms with Crippen LogP contribution in [0.5, 0.6) is 5.75 Å². The zero-order valence-electron chi connectivity index (χ0n) is 17.4. The maximum atomic E-state index is 12.4. The maximum Gasteiger partial charge on any atom is 0.281 e. The van der Waals surface area contributed by atoms with E-state index >= 15 is 0 Å². The summed E-state index contributed by atoms with van der Waals surface area (Å²) >= 11 is 1.22. The highest BCUT2D eigenvalue weighted by Crippen LogP contribution is 2.28. The summed E-state index contributed by atoms with van der Waals surface area (Å²) in [6.45, 7) is 0.184. The fourth-order valence-electron chi connectivity index (χ4n) is 3.05. The quantitative estimate of drug-likeness (QED) is 0.214. The van der Waals surface area contributed by atoms with Crippen LogP contribution in [0.2, 0.25) is 0 Å². The summed E-state index contributed by atoms with van der Waals surface area (Å²) in [4.78, 5) is 33.6. The largest absolute Gasteiger partial charge is 0.489 e. The van der Waals surface area contributed by atoms with Gasteiger partial charge in [0.05, 0.1) is 20.9 Å². The summed E-state index contributed by atoms with van der Waals surface area (Å²) in [6, 6.07) is 19.2. The van der Waals surface area contributed by atoms with E-state index in [1.165, 1.54) is 41.8 Å². The van der Waals surface area contributed by atoms with Gasteiger partial charge in [0.1, 0.15) is 12.4 Å². The Labute approximate surface area is 196 Å². The number of fused-ring (bicyclic) bond motifs is 1. The Balaban J connectivity index is 1.33. The van der Waals surface area contributed by atoms with Crippen molar-refractivity contribution in [2.24, 2.45) is 5.10 Å². The van der Waals surface area contributed by atoms with E-state index in [0.717, 1.165) is 10.3 Å². The standard InChI is InChI=1S/C23H16N4O6S/c28-23(22-12-17-11-19(27(31)32)6-9-21(17)34-22)25-24-13-15-4-7-20(8-5-15)33-14-16-2-1-3-18(10-16)26(29)30/h1-13H,14H2,(H,25,28)/b24-13-. The number of nitro groups is 2. The van der Waals surface area contributed by atoms with E-state index in [4.69, 9.17) is 4.74 Å². The third-order valence-electron chi connectivity index (χ3n) is 4.72. The van der Waals surface area contributed by atoms with Crippen molar-refractivity contribution in [2.45, 2.75) is 6.61 Å². The minimum Gasteiger partial charge on any atom is -0.489 e. The Morgan fingerprint density at radius 3 is 2.44 bits per heavy atom. The van der Waals surface area contributed by atoms with E-state index in [9.17, 15) is 25.0 Å². The Morgan fingerprint density at radius 2 is 1.71 bits per heavy atom. The molecule has 4 aromatic rings. The van der Waals surface area contributed by atoms with E-state index in [1.807, 2.05) is 0 Å². The molecule has 0 fully saturated rings. The number of hydrogen-bond donors (Lipinski definition) is 1. The number of carbonyl (C=O) groups excluding carboxylic acids is 1. The Morgan fingerprint density at radius 1 is 0.971 bits per heavy atom. The van der Waals surface area contributed by atoms with Gasteiger partial charge >= 0.3 is 0 Å². The van der Waals surface area contributed by atoms with Gasteiger partial charge in [-0.05, 0) is 47.5 Å². The highest BCUT2D eigenvalue weighted by atomic mass is 32.1. The van der Waals surface area contributed by atoms with Gasteiger partial charge in [-0.15, -0.1) is 11.3 Å². The topological polar surface area (TPSA) is 137 Å². The summed E-state index contributed by atoms with van der Waals surface area (Å²) in [5.74, 6) is 0.157. The smallest absolute Gasteiger partial charge is 0.281 e. The fraction of sp³-hybridized carbons (Fsp3) is 0.0435. The summed E-state index contributed by atoms with van der Waals surface area (Å²) in [7, 11) is 0. The van der Waals surface area contributed by atoms with Gasteiger partial charge < -0.3 is 4.74 Å². The molecule has 0 saturated carbocycles. The van der Waals surface area contributed by atoms with E-state index in [1.54, 1.807) is 48.5 Å². The van der Waals surface area contributed by atoms with Crippen molar-refractivity contribution in [3.8, 4) is 5.75 Å². The predicted molar refractivity (Wildman–Crippen MR) is 127 cm³/mol. The summed E-state index contributed by atoms with van der Waals surface area (Å²) < 4.78 is 6.42. The molecule has 34 heavy (non-hydrogen) atoms. The Bertz CT molecular complexity index is 1410. The summed E-state index contributed by atoms with van der Waals surface area (Å²) in [6.07, 6.45) is 1.47. The van der Waals surface area contributed by atoms with Crippen LogP contribution in [0.1, 0.15) is 20.8 Å². The molecular formula is C23H16N4O6S. The lowest BCUT2D eigenvalue weighted by molar-refractivity contribution is -0.385. The third-order valence-corrected chi connectivity index (χ3v) is 5.84. The number of carbonyl (C=O) groups is 1. The minimum atomic E-state index is -0.481. The third kappa shape index (κ3) is 5.40. The normalized spacial score (nSPS) is 10.9. The number of hydrogen-bond acceptors (Lipinski definition) is 8. The van der Waals surface area contributed by atoms with E-state index in [2.05, 4.69) is 10.5 Å². The highest BCUT2D eigenvalue weighted by molar-refractivity contribution is 7.20. The van der Waals surface area contributed by atoms with Crippen molar-refractivity contribution in [1.82, 2.24) is 5.43 Å². The number of non-ortho nitro benzene ring substituents is 2. The van der Waals surface area contributed by atoms with E-state index < -0.39 is 15.8 Å². The second-order valence-electron chi connectivity index (χ2n) is 7.07. The Hall–Kier alpha value is -4.64. The molecule has 0 aliphatic carbocycles. The van der Waals surface area contributed by atoms with Crippen LogP contribution in [-0.4, -0.2) is 22.0 Å². The van der Waals surface area contributed by atoms with Gasteiger partial charge in [-0.1, -0.05) is 12.1 Å². The second kappa shape index (κ2) is 9.88. The average Bonchev–Trinajstić information content (AvgIpc) is 3.27. The molecule has 11 heteroatoms. The molecule has 1 N–H and O–H groups in total. The van der Waals surface area contributed by atoms with Gasteiger partial charge in [-0.25, -0.2) is 5.43 Å². The van der Waals surface area contributed by atoms with Crippen LogP contribution in [0.4, 0.5) is 11.4 Å². The number of nitro benzene ring substituents is 2. The van der Waals surface area contributed by atoms with Crippen LogP contribution in [0.25, 0.3) is 10.1 Å². The van der Waals surface area contributed by atoms with Crippen LogP contribution in [0.3, 0.4) is 0 Å². The van der Waals surface area contributed by atoms with Crippen LogP contribution in [0, 0.1) is 20.2 Å². The first kappa shape index (κ1) is 22.6. The molecule has 1 aromatic heterocycles. The first-order valence-corrected chi connectivity index (χ1v) is 10.7. The molecule has 0 spiro atoms. The summed E-state index contributed by atoms with van der Waals surface area (Å²) in [5.41, 5.74) is 3.81. The van der Waals surface area contributed by atoms with Crippen LogP contribution < -0.4 is 10.2 Å². The molecule has 0 bridgehead atoms. The van der Waals surface area contributed by atoms with Crippen molar-refractivity contribution >= 4 is 44.9 Å². The maximum absolute atomic E-state index is 12.4. The van der Waals surface area contributed by atoms with Crippen LogP contribution in [0.15, 0.2) is 77.9 Å². The molecule has 4 rings (SSSR count). The predicted octanol–water partition coefficient (Wildman–Crippen LogP) is 5.06. The zero-order valence-corrected chi connectivity index (χ0v) is 18.2. The number of amides is 1. The van der Waals surface area contributed by atoms with E-state index in [0.29, 0.717) is 21.6 Å². The van der Waals surface area contributed by atoms with Gasteiger partial charge in [0.15, 0.2) is 0 Å². The second-order valence-corrected chi connectivity index (χ2v) is 8.16. The van der Waals surface area contributed by atoms with Crippen molar-refractivity contribution in [2.75, 3.05) is 0 Å². The number of hydrazone groups is 1. The van der Waals surface area contributed by atoms with Gasteiger partial charge in [-0.3, -0.25) is 25.0 Å². The molecule has 1 heterocycles. The van der Waals surface area contributed by atoms with Gasteiger partial charge in [0, 0.05) is 34.4 Å². The van der Waals surface area contributed by atoms with E-state index in [-0.39, 0.29) is 18.0 Å².